The predicted molar refractivity (Wildman–Crippen MR) is 128 cm³/mol. The molecule has 2 aliphatic heterocycles. The molecule has 3 heterocycles. The highest BCUT2D eigenvalue weighted by molar-refractivity contribution is 7.09. The van der Waals surface area contributed by atoms with E-state index in [-0.39, 0.29) is 23.8 Å². The van der Waals surface area contributed by atoms with Gasteiger partial charge in [-0.2, -0.15) is 0 Å². The monoisotopic (exact) mass is 472 g/mol. The highest BCUT2D eigenvalue weighted by Crippen LogP contribution is 2.38. The minimum atomic E-state index is -0.188. The molecule has 2 aromatic rings. The van der Waals surface area contributed by atoms with Gasteiger partial charge in [0.25, 0.3) is 11.8 Å². The van der Waals surface area contributed by atoms with E-state index in [0.29, 0.717) is 24.5 Å². The van der Waals surface area contributed by atoms with E-state index < -0.39 is 0 Å². The molecule has 8 nitrogen and oxygen atoms in total. The van der Waals surface area contributed by atoms with E-state index in [1.807, 2.05) is 12.1 Å². The van der Waals surface area contributed by atoms with Crippen LogP contribution in [0.4, 0.5) is 5.69 Å². The standard InChI is InChI=1S/C24H32N4O4S/c1-4-24(2,3)17-5-6-20-19(13-17)28(22(29)15-32-20)14-21-26-18(16-33-21)23(30)25-7-8-27-9-11-31-12-10-27/h5-6,13,16H,4,7-12,14-15H2,1-3H3,(H,25,30). The molecular formula is C24H32N4O4S. The Bertz CT molecular complexity index is 1000. The van der Waals surface area contributed by atoms with Crippen molar-refractivity contribution in [2.45, 2.75) is 39.2 Å². The summed E-state index contributed by atoms with van der Waals surface area (Å²) in [5, 5.41) is 5.41. The van der Waals surface area contributed by atoms with Crippen molar-refractivity contribution in [3.63, 3.8) is 0 Å². The quantitative estimate of drug-likeness (QED) is 0.636. The molecule has 1 aromatic carbocycles. The minimum absolute atomic E-state index is 0.00375. The molecule has 2 amide bonds. The highest BCUT2D eigenvalue weighted by Gasteiger charge is 2.29. The van der Waals surface area contributed by atoms with Gasteiger partial charge in [0.2, 0.25) is 0 Å². The first-order chi connectivity index (χ1) is 15.9. The first-order valence-corrected chi connectivity index (χ1v) is 12.4. The van der Waals surface area contributed by atoms with E-state index in [2.05, 4.69) is 42.0 Å². The largest absolute Gasteiger partial charge is 0.482 e. The molecule has 178 valence electrons. The molecule has 1 aromatic heterocycles. The van der Waals surface area contributed by atoms with Crippen molar-refractivity contribution in [1.29, 1.82) is 0 Å². The van der Waals surface area contributed by atoms with Crippen molar-refractivity contribution < 1.29 is 19.1 Å². The maximum absolute atomic E-state index is 12.7. The highest BCUT2D eigenvalue weighted by atomic mass is 32.1. The molecule has 0 atom stereocenters. The molecule has 1 saturated heterocycles. The molecule has 9 heteroatoms. The van der Waals surface area contributed by atoms with E-state index in [4.69, 9.17) is 9.47 Å². The summed E-state index contributed by atoms with van der Waals surface area (Å²) in [7, 11) is 0. The third kappa shape index (κ3) is 5.54. The van der Waals surface area contributed by atoms with Gasteiger partial charge in [-0.15, -0.1) is 11.3 Å². The summed E-state index contributed by atoms with van der Waals surface area (Å²) < 4.78 is 11.0. The summed E-state index contributed by atoms with van der Waals surface area (Å²) in [6, 6.07) is 6.05. The zero-order chi connectivity index (χ0) is 23.4. The number of ether oxygens (including phenoxy) is 2. The Morgan fingerprint density at radius 2 is 2.06 bits per heavy atom. The second-order valence-corrected chi connectivity index (χ2v) is 9.97. The number of thiazole rings is 1. The Kier molecular flexibility index (Phi) is 7.31. The Hall–Kier alpha value is -2.49. The number of hydrogen-bond acceptors (Lipinski definition) is 7. The SMILES string of the molecule is CCC(C)(C)c1ccc2c(c1)N(Cc1nc(C(=O)NCCN3CCOCC3)cs1)C(=O)CO2. The molecule has 0 spiro atoms. The van der Waals surface area contributed by atoms with Crippen LogP contribution in [0.5, 0.6) is 5.75 Å². The number of nitrogens with one attached hydrogen (secondary N) is 1. The number of hydrogen-bond donors (Lipinski definition) is 1. The molecule has 1 fully saturated rings. The van der Waals surface area contributed by atoms with Crippen LogP contribution in [0.25, 0.3) is 0 Å². The summed E-state index contributed by atoms with van der Waals surface area (Å²) in [6.45, 7) is 11.5. The van der Waals surface area contributed by atoms with Gasteiger partial charge in [-0.25, -0.2) is 4.98 Å². The van der Waals surface area contributed by atoms with Gasteiger partial charge < -0.3 is 14.8 Å². The molecular weight excluding hydrogens is 440 g/mol. The van der Waals surface area contributed by atoms with Gasteiger partial charge in [0.05, 0.1) is 25.4 Å². The molecule has 0 bridgehead atoms. The molecule has 33 heavy (non-hydrogen) atoms. The third-order valence-corrected chi connectivity index (χ3v) is 7.30. The number of carbonyl (C=O) groups is 2. The summed E-state index contributed by atoms with van der Waals surface area (Å²) in [5.74, 6) is 0.398. The van der Waals surface area contributed by atoms with Gasteiger partial charge >= 0.3 is 0 Å². The lowest BCUT2D eigenvalue weighted by atomic mass is 9.82. The Labute approximate surface area is 198 Å². The Morgan fingerprint density at radius 1 is 1.27 bits per heavy atom. The van der Waals surface area contributed by atoms with Crippen molar-refractivity contribution in [1.82, 2.24) is 15.2 Å². The van der Waals surface area contributed by atoms with Crippen LogP contribution in [0, 0.1) is 0 Å². The first kappa shape index (κ1) is 23.7. The van der Waals surface area contributed by atoms with Gasteiger partial charge in [0.1, 0.15) is 16.5 Å². The van der Waals surface area contributed by atoms with Crippen molar-refractivity contribution in [2.24, 2.45) is 0 Å². The average molecular weight is 473 g/mol. The fourth-order valence-corrected chi connectivity index (χ4v) is 4.63. The molecule has 0 aliphatic carbocycles. The number of benzene rings is 1. The first-order valence-electron chi connectivity index (χ1n) is 11.5. The third-order valence-electron chi connectivity index (χ3n) is 6.46. The van der Waals surface area contributed by atoms with Gasteiger partial charge in [0, 0.05) is 31.6 Å². The van der Waals surface area contributed by atoms with Gasteiger partial charge in [-0.1, -0.05) is 26.8 Å². The maximum atomic E-state index is 12.7. The van der Waals surface area contributed by atoms with Gasteiger partial charge in [-0.05, 0) is 29.5 Å². The van der Waals surface area contributed by atoms with Crippen LogP contribution in [-0.4, -0.2) is 67.7 Å². The van der Waals surface area contributed by atoms with Crippen molar-refractivity contribution in [3.05, 3.63) is 39.8 Å². The summed E-state index contributed by atoms with van der Waals surface area (Å²) in [5.41, 5.74) is 2.30. The van der Waals surface area contributed by atoms with E-state index in [9.17, 15) is 9.59 Å². The van der Waals surface area contributed by atoms with Crippen molar-refractivity contribution in [2.75, 3.05) is 50.9 Å². The Morgan fingerprint density at radius 3 is 2.82 bits per heavy atom. The van der Waals surface area contributed by atoms with Crippen LogP contribution in [0.1, 0.15) is 48.3 Å². The van der Waals surface area contributed by atoms with Crippen LogP contribution in [-0.2, 0) is 21.5 Å². The Balaban J connectivity index is 1.42. The minimum Gasteiger partial charge on any atom is -0.482 e. The van der Waals surface area contributed by atoms with E-state index >= 15 is 0 Å². The number of amides is 2. The normalized spacial score (nSPS) is 16.9. The zero-order valence-corrected chi connectivity index (χ0v) is 20.4. The number of carbonyl (C=O) groups excluding carboxylic acids is 2. The van der Waals surface area contributed by atoms with Crippen molar-refractivity contribution >= 4 is 28.8 Å². The number of morpholine rings is 1. The van der Waals surface area contributed by atoms with Crippen LogP contribution in [0.15, 0.2) is 23.6 Å². The second-order valence-electron chi connectivity index (χ2n) is 9.02. The molecule has 2 aliphatic rings. The summed E-state index contributed by atoms with van der Waals surface area (Å²) >= 11 is 1.39. The van der Waals surface area contributed by atoms with Crippen molar-refractivity contribution in [3.8, 4) is 5.75 Å². The topological polar surface area (TPSA) is 84.0 Å². The van der Waals surface area contributed by atoms with Crippen LogP contribution >= 0.6 is 11.3 Å². The zero-order valence-electron chi connectivity index (χ0n) is 19.6. The lowest BCUT2D eigenvalue weighted by molar-refractivity contribution is -0.121. The number of rotatable bonds is 8. The molecule has 0 saturated carbocycles. The second kappa shape index (κ2) is 10.2. The van der Waals surface area contributed by atoms with Crippen LogP contribution < -0.4 is 15.0 Å². The van der Waals surface area contributed by atoms with E-state index in [1.165, 1.54) is 11.3 Å². The summed E-state index contributed by atoms with van der Waals surface area (Å²) in [6.07, 6.45) is 0.983. The smallest absolute Gasteiger partial charge is 0.270 e. The lowest BCUT2D eigenvalue weighted by Crippen LogP contribution is -2.41. The predicted octanol–water partition coefficient (Wildman–Crippen LogP) is 2.82. The molecule has 0 radical (unpaired) electrons. The van der Waals surface area contributed by atoms with Crippen LogP contribution in [0.2, 0.25) is 0 Å². The molecule has 0 unspecified atom stereocenters. The average Bonchev–Trinajstić information content (AvgIpc) is 3.30. The van der Waals surface area contributed by atoms with E-state index in [1.54, 1.807) is 10.3 Å². The number of anilines is 1. The van der Waals surface area contributed by atoms with Gasteiger partial charge in [-0.3, -0.25) is 19.4 Å². The lowest BCUT2D eigenvalue weighted by Gasteiger charge is -2.31. The summed E-state index contributed by atoms with van der Waals surface area (Å²) in [4.78, 5) is 33.7. The van der Waals surface area contributed by atoms with Crippen LogP contribution in [0.3, 0.4) is 0 Å². The fraction of sp³-hybridized carbons (Fsp3) is 0.542. The molecule has 4 rings (SSSR count). The number of nitrogens with zero attached hydrogens (tertiary/aromatic N) is 3. The molecule has 1 N–H and O–H groups in total. The number of aromatic nitrogens is 1. The number of fused-ring (bicyclic) bond motifs is 1. The fourth-order valence-electron chi connectivity index (χ4n) is 3.87. The van der Waals surface area contributed by atoms with Gasteiger partial charge in [0.15, 0.2) is 6.61 Å². The maximum Gasteiger partial charge on any atom is 0.270 e. The van der Waals surface area contributed by atoms with E-state index in [0.717, 1.165) is 55.5 Å².